The average Bonchev–Trinajstić information content (AvgIpc) is 2.97. The molecule has 2 aromatic heterocycles. The zero-order valence-corrected chi connectivity index (χ0v) is 13.1. The molecule has 0 aliphatic rings. The lowest BCUT2D eigenvalue weighted by Crippen LogP contribution is -2.12. The van der Waals surface area contributed by atoms with Crippen molar-refractivity contribution < 1.29 is 4.42 Å². The molecule has 0 saturated carbocycles. The Morgan fingerprint density at radius 1 is 1.05 bits per heavy atom. The molecule has 0 radical (unpaired) electrons. The number of aromatic nitrogens is 2. The van der Waals surface area contributed by atoms with Crippen LogP contribution in [0.4, 0.5) is 0 Å². The number of hydrogen-bond donors (Lipinski definition) is 1. The molecule has 0 aliphatic carbocycles. The maximum Gasteiger partial charge on any atom is 0.227 e. The molecule has 112 valence electrons. The monoisotopic (exact) mass is 333 g/mol. The SMILES string of the molecule is Clc1ccc(-c2nc(CNCc3ccncc3)co2)c(Cl)c1. The Balaban J connectivity index is 1.64. The largest absolute Gasteiger partial charge is 0.444 e. The van der Waals surface area contributed by atoms with Gasteiger partial charge in [0.15, 0.2) is 0 Å². The van der Waals surface area contributed by atoms with Gasteiger partial charge in [-0.05, 0) is 35.9 Å². The van der Waals surface area contributed by atoms with Gasteiger partial charge in [0.25, 0.3) is 0 Å². The Hall–Kier alpha value is -1.88. The molecule has 3 rings (SSSR count). The predicted octanol–water partition coefficient (Wildman–Crippen LogP) is 4.33. The number of halogens is 2. The van der Waals surface area contributed by atoms with E-state index in [1.807, 2.05) is 12.1 Å². The van der Waals surface area contributed by atoms with Gasteiger partial charge in [-0.15, -0.1) is 0 Å². The van der Waals surface area contributed by atoms with E-state index in [1.54, 1.807) is 36.9 Å². The average molecular weight is 334 g/mol. The summed E-state index contributed by atoms with van der Waals surface area (Å²) in [5.41, 5.74) is 2.71. The zero-order chi connectivity index (χ0) is 15.4. The third kappa shape index (κ3) is 3.65. The van der Waals surface area contributed by atoms with Crippen LogP contribution in [-0.2, 0) is 13.1 Å². The van der Waals surface area contributed by atoms with Gasteiger partial charge in [0.1, 0.15) is 6.26 Å². The van der Waals surface area contributed by atoms with Gasteiger partial charge in [-0.25, -0.2) is 4.98 Å². The molecule has 0 aliphatic heterocycles. The molecule has 0 fully saturated rings. The first-order valence-corrected chi connectivity index (χ1v) is 7.47. The topological polar surface area (TPSA) is 51.0 Å². The Morgan fingerprint density at radius 3 is 2.64 bits per heavy atom. The van der Waals surface area contributed by atoms with Gasteiger partial charge in [0.2, 0.25) is 5.89 Å². The lowest BCUT2D eigenvalue weighted by atomic mass is 10.2. The second-order valence-corrected chi connectivity index (χ2v) is 5.57. The normalized spacial score (nSPS) is 10.8. The molecule has 3 aromatic rings. The second-order valence-electron chi connectivity index (χ2n) is 4.73. The molecule has 1 aromatic carbocycles. The number of pyridine rings is 1. The molecule has 22 heavy (non-hydrogen) atoms. The first-order chi connectivity index (χ1) is 10.7. The summed E-state index contributed by atoms with van der Waals surface area (Å²) < 4.78 is 5.49. The van der Waals surface area contributed by atoms with E-state index in [9.17, 15) is 0 Å². The minimum absolute atomic E-state index is 0.488. The van der Waals surface area contributed by atoms with E-state index in [-0.39, 0.29) is 0 Å². The quantitative estimate of drug-likeness (QED) is 0.754. The van der Waals surface area contributed by atoms with Gasteiger partial charge in [-0.3, -0.25) is 4.98 Å². The van der Waals surface area contributed by atoms with E-state index in [0.717, 1.165) is 17.8 Å². The first kappa shape index (κ1) is 15.0. The minimum atomic E-state index is 0.488. The standard InChI is InChI=1S/C16H13Cl2N3O/c17-12-1-2-14(15(18)7-12)16-21-13(10-22-16)9-20-8-11-3-5-19-6-4-11/h1-7,10,20H,8-9H2. The molecule has 2 heterocycles. The van der Waals surface area contributed by atoms with Crippen LogP contribution in [0.2, 0.25) is 10.0 Å². The van der Waals surface area contributed by atoms with Crippen LogP contribution in [0.1, 0.15) is 11.3 Å². The van der Waals surface area contributed by atoms with E-state index < -0.39 is 0 Å². The van der Waals surface area contributed by atoms with Crippen LogP contribution < -0.4 is 5.32 Å². The Kier molecular flexibility index (Phi) is 4.73. The van der Waals surface area contributed by atoms with Crippen molar-refractivity contribution >= 4 is 23.2 Å². The smallest absolute Gasteiger partial charge is 0.227 e. The van der Waals surface area contributed by atoms with Gasteiger partial charge < -0.3 is 9.73 Å². The van der Waals surface area contributed by atoms with Crippen LogP contribution >= 0.6 is 23.2 Å². The summed E-state index contributed by atoms with van der Waals surface area (Å²) in [7, 11) is 0. The van der Waals surface area contributed by atoms with Crippen LogP contribution in [0, 0.1) is 0 Å². The summed E-state index contributed by atoms with van der Waals surface area (Å²) in [4.78, 5) is 8.42. The maximum absolute atomic E-state index is 6.15. The van der Waals surface area contributed by atoms with Gasteiger partial charge in [-0.2, -0.15) is 0 Å². The lowest BCUT2D eigenvalue weighted by Gasteiger charge is -2.02. The third-order valence-electron chi connectivity index (χ3n) is 3.10. The van der Waals surface area contributed by atoms with Gasteiger partial charge in [0, 0.05) is 30.5 Å². The van der Waals surface area contributed by atoms with Crippen LogP contribution in [0.3, 0.4) is 0 Å². The Morgan fingerprint density at radius 2 is 1.86 bits per heavy atom. The molecule has 0 amide bonds. The van der Waals surface area contributed by atoms with E-state index in [0.29, 0.717) is 22.5 Å². The fourth-order valence-electron chi connectivity index (χ4n) is 2.01. The highest BCUT2D eigenvalue weighted by atomic mass is 35.5. The summed E-state index contributed by atoms with van der Waals surface area (Å²) >= 11 is 12.0. The van der Waals surface area contributed by atoms with Crippen molar-refractivity contribution in [1.82, 2.24) is 15.3 Å². The molecule has 1 N–H and O–H groups in total. The summed E-state index contributed by atoms with van der Waals surface area (Å²) in [5, 5.41) is 4.40. The number of nitrogens with zero attached hydrogens (tertiary/aromatic N) is 2. The van der Waals surface area contributed by atoms with Crippen LogP contribution in [0.15, 0.2) is 53.4 Å². The molecule has 6 heteroatoms. The summed E-state index contributed by atoms with van der Waals surface area (Å²) in [6.45, 7) is 1.35. The van der Waals surface area contributed by atoms with E-state index >= 15 is 0 Å². The van der Waals surface area contributed by atoms with Gasteiger partial charge >= 0.3 is 0 Å². The van der Waals surface area contributed by atoms with E-state index in [1.165, 1.54) is 5.56 Å². The van der Waals surface area contributed by atoms with Crippen molar-refractivity contribution in [3.8, 4) is 11.5 Å². The van der Waals surface area contributed by atoms with Crippen molar-refractivity contribution in [2.24, 2.45) is 0 Å². The minimum Gasteiger partial charge on any atom is -0.444 e. The number of hydrogen-bond acceptors (Lipinski definition) is 4. The van der Waals surface area contributed by atoms with Crippen LogP contribution in [0.25, 0.3) is 11.5 Å². The predicted molar refractivity (Wildman–Crippen MR) is 86.7 cm³/mol. The molecule has 0 bridgehead atoms. The summed E-state index contributed by atoms with van der Waals surface area (Å²) in [6, 6.07) is 9.16. The maximum atomic E-state index is 6.15. The summed E-state index contributed by atoms with van der Waals surface area (Å²) in [6.07, 6.45) is 5.17. The van der Waals surface area contributed by atoms with E-state index in [4.69, 9.17) is 27.6 Å². The number of rotatable bonds is 5. The molecular weight excluding hydrogens is 321 g/mol. The van der Waals surface area contributed by atoms with Crippen LogP contribution in [0.5, 0.6) is 0 Å². The molecule has 4 nitrogen and oxygen atoms in total. The summed E-state index contributed by atoms with van der Waals surface area (Å²) in [5.74, 6) is 0.488. The number of benzene rings is 1. The lowest BCUT2D eigenvalue weighted by molar-refractivity contribution is 0.570. The number of oxazole rings is 1. The molecule has 0 unspecified atom stereocenters. The fourth-order valence-corrected chi connectivity index (χ4v) is 2.50. The molecule has 0 atom stereocenters. The van der Waals surface area contributed by atoms with Crippen LogP contribution in [-0.4, -0.2) is 9.97 Å². The molecular formula is C16H13Cl2N3O. The molecule has 0 spiro atoms. The first-order valence-electron chi connectivity index (χ1n) is 6.72. The van der Waals surface area contributed by atoms with Gasteiger partial charge in [-0.1, -0.05) is 23.2 Å². The highest BCUT2D eigenvalue weighted by molar-refractivity contribution is 6.36. The van der Waals surface area contributed by atoms with Gasteiger partial charge in [0.05, 0.1) is 16.3 Å². The fraction of sp³-hybridized carbons (Fsp3) is 0.125. The Bertz CT molecular complexity index is 759. The molecule has 0 saturated heterocycles. The number of nitrogens with one attached hydrogen (secondary N) is 1. The van der Waals surface area contributed by atoms with Crippen molar-refractivity contribution in [2.75, 3.05) is 0 Å². The van der Waals surface area contributed by atoms with Crippen molar-refractivity contribution in [1.29, 1.82) is 0 Å². The zero-order valence-electron chi connectivity index (χ0n) is 11.6. The highest BCUT2D eigenvalue weighted by Crippen LogP contribution is 2.29. The highest BCUT2D eigenvalue weighted by Gasteiger charge is 2.10. The third-order valence-corrected chi connectivity index (χ3v) is 3.65. The van der Waals surface area contributed by atoms with Crippen molar-refractivity contribution in [2.45, 2.75) is 13.1 Å². The second kappa shape index (κ2) is 6.92. The van der Waals surface area contributed by atoms with Crippen molar-refractivity contribution in [3.05, 3.63) is 70.3 Å². The van der Waals surface area contributed by atoms with Crippen molar-refractivity contribution in [3.63, 3.8) is 0 Å². The van der Waals surface area contributed by atoms with E-state index in [2.05, 4.69) is 15.3 Å². The Labute approximate surface area is 138 Å².